The third-order valence-corrected chi connectivity index (χ3v) is 20.2. The highest BCUT2D eigenvalue weighted by molar-refractivity contribution is 6.28. The fraction of sp³-hybridized carbons (Fsp3) is 0.889. The second-order valence-corrected chi connectivity index (χ2v) is 29.8. The minimum atomic E-state index is 0.173. The zero-order chi connectivity index (χ0) is 71.6. The molecule has 3 aromatic rings. The summed E-state index contributed by atoms with van der Waals surface area (Å²) in [5.74, 6) is 5.81. The molecule has 0 saturated heterocycles. The Morgan fingerprint density at radius 1 is 0.172 bits per heavy atom. The van der Waals surface area contributed by atoms with Crippen LogP contribution in [0.15, 0.2) is 0 Å². The van der Waals surface area contributed by atoms with Gasteiger partial charge in [0.05, 0.1) is 0 Å². The molecule has 3 aromatic heterocycles. The molecular weight excluding hydrogens is 1250 g/mol. The Balaban J connectivity index is 2.00. The summed E-state index contributed by atoms with van der Waals surface area (Å²) in [5.41, 5.74) is 0. The van der Waals surface area contributed by atoms with Crippen molar-refractivity contribution in [2.45, 2.75) is 364 Å². The number of halogens is 1. The monoisotopic (exact) mass is 1400 g/mol. The number of nitrogens with zero attached hydrogens (tertiary/aromatic N) is 17. The van der Waals surface area contributed by atoms with E-state index in [1.54, 1.807) is 0 Å². The molecule has 0 aromatic carbocycles. The lowest BCUT2D eigenvalue weighted by Crippen LogP contribution is -2.36. The number of hydrogen-bond acceptors (Lipinski definition) is 17. The van der Waals surface area contributed by atoms with Crippen LogP contribution in [0.4, 0.5) is 47.6 Å². The molecule has 18 heteroatoms. The smallest absolute Gasteiger partial charge is 0.231 e. The van der Waals surface area contributed by atoms with Crippen molar-refractivity contribution in [3.05, 3.63) is 5.28 Å². The van der Waals surface area contributed by atoms with Gasteiger partial charge in [0.15, 0.2) is 0 Å². The van der Waals surface area contributed by atoms with Gasteiger partial charge in [0.1, 0.15) is 0 Å². The molecule has 0 amide bonds. The molecule has 17 nitrogen and oxygen atoms in total. The molecular formula is C81H156ClN17. The first-order valence-corrected chi connectivity index (χ1v) is 42.6. The predicted octanol–water partition coefficient (Wildman–Crippen LogP) is 22.1. The van der Waals surface area contributed by atoms with Gasteiger partial charge in [0.25, 0.3) is 0 Å². The summed E-state index contributed by atoms with van der Waals surface area (Å²) in [5, 5.41) is 0.173. The van der Waals surface area contributed by atoms with Crippen molar-refractivity contribution < 1.29 is 0 Å². The van der Waals surface area contributed by atoms with Crippen molar-refractivity contribution in [1.82, 2.24) is 44.9 Å². The van der Waals surface area contributed by atoms with E-state index in [1.807, 2.05) is 14.1 Å². The Kier molecular flexibility index (Phi) is 54.1. The lowest BCUT2D eigenvalue weighted by atomic mass is 10.1. The molecule has 0 fully saturated rings. The SMILES string of the molecule is CCCCCCCCN(CCCCCCCC)c1nc(N(C)CCN(C)c2nc(Cl)nc(N(C)CCN(C)c3nc(N(CCCCCCCC)CCCCCCCC)nc(N(CCCCCCCC)CCCCCCCC)n3)n2)nc(N(CCCCCCCC)CCCCCCCC)n1. The largest absolute Gasteiger partial charge is 0.342 e. The van der Waals surface area contributed by atoms with Crippen molar-refractivity contribution in [3.8, 4) is 0 Å². The number of likely N-dealkylation sites (N-methyl/N-ethyl adjacent to an activating group) is 4. The van der Waals surface area contributed by atoms with Gasteiger partial charge >= 0.3 is 0 Å². The maximum absolute atomic E-state index is 6.88. The molecule has 0 saturated carbocycles. The zero-order valence-corrected chi connectivity index (χ0v) is 67.7. The first-order valence-electron chi connectivity index (χ1n) is 42.2. The van der Waals surface area contributed by atoms with E-state index >= 15 is 0 Å². The van der Waals surface area contributed by atoms with Gasteiger partial charge in [-0.05, 0) is 63.0 Å². The number of hydrogen-bond donors (Lipinski definition) is 0. The van der Waals surface area contributed by atoms with E-state index in [9.17, 15) is 0 Å². The van der Waals surface area contributed by atoms with Crippen LogP contribution in [0.1, 0.15) is 364 Å². The van der Waals surface area contributed by atoms with E-state index in [-0.39, 0.29) is 5.28 Å². The van der Waals surface area contributed by atoms with Gasteiger partial charge in [-0.3, -0.25) is 0 Å². The summed E-state index contributed by atoms with van der Waals surface area (Å²) < 4.78 is 0. The Labute approximate surface area is 615 Å². The molecule has 572 valence electrons. The van der Waals surface area contributed by atoms with E-state index in [0.717, 1.165) is 139 Å². The van der Waals surface area contributed by atoms with Gasteiger partial charge in [-0.2, -0.15) is 44.9 Å². The van der Waals surface area contributed by atoms with Gasteiger partial charge in [-0.1, -0.05) is 312 Å². The molecule has 0 N–H and O–H groups in total. The van der Waals surface area contributed by atoms with Crippen LogP contribution in [0.25, 0.3) is 0 Å². The maximum atomic E-state index is 6.88. The highest BCUT2D eigenvalue weighted by atomic mass is 35.5. The molecule has 0 atom stereocenters. The van der Waals surface area contributed by atoms with Gasteiger partial charge in [0.2, 0.25) is 52.9 Å². The van der Waals surface area contributed by atoms with Gasteiger partial charge in [0, 0.05) is 107 Å². The lowest BCUT2D eigenvalue weighted by Gasteiger charge is -2.29. The summed E-state index contributed by atoms with van der Waals surface area (Å²) in [7, 11) is 8.36. The quantitative estimate of drug-likeness (QED) is 0.0494. The zero-order valence-electron chi connectivity index (χ0n) is 66.9. The number of rotatable bonds is 70. The molecule has 0 aliphatic rings. The minimum absolute atomic E-state index is 0.173. The maximum Gasteiger partial charge on any atom is 0.231 e. The average Bonchev–Trinajstić information content (AvgIpc) is 0.883. The first-order chi connectivity index (χ1) is 48.5. The van der Waals surface area contributed by atoms with Crippen LogP contribution in [-0.4, -0.2) is 152 Å². The normalized spacial score (nSPS) is 11.5. The molecule has 0 spiro atoms. The van der Waals surface area contributed by atoms with Crippen LogP contribution in [-0.2, 0) is 0 Å². The standard InChI is InChI=1S/C81H156ClN17/c1-13-21-29-37-45-53-61-96(62-54-46-38-30-22-14-2)78-86-76(87-79(90-78)97(63-55-47-39-31-23-15-3)64-56-48-40-32-24-16-4)94(11)71-69-92(9)74-83-73(82)84-75(85-74)93(10)70-72-95(12)77-88-80(98(65-57-49-41-33-25-17-5)66-58-50-42-34-26-18-6)91-81(89-77)99(67-59-51-43-35-27-19-7)68-60-52-44-36-28-20-8/h13-72H2,1-12H3. The van der Waals surface area contributed by atoms with Crippen molar-refractivity contribution in [1.29, 1.82) is 0 Å². The van der Waals surface area contributed by atoms with Gasteiger partial charge in [-0.25, -0.2) is 0 Å². The average molecular weight is 1400 g/mol. The van der Waals surface area contributed by atoms with Crippen molar-refractivity contribution in [3.63, 3.8) is 0 Å². The molecule has 0 aliphatic heterocycles. The third kappa shape index (κ3) is 41.6. The fourth-order valence-corrected chi connectivity index (χ4v) is 13.3. The van der Waals surface area contributed by atoms with Crippen LogP contribution in [0.2, 0.25) is 5.28 Å². The molecule has 3 heterocycles. The van der Waals surface area contributed by atoms with Crippen LogP contribution >= 0.6 is 11.6 Å². The van der Waals surface area contributed by atoms with E-state index in [2.05, 4.69) is 109 Å². The Hall–Kier alpha value is -4.28. The molecule has 99 heavy (non-hydrogen) atoms. The molecule has 3 rings (SSSR count). The summed E-state index contributed by atoms with van der Waals surface area (Å²) in [4.78, 5) is 65.8. The number of anilines is 8. The summed E-state index contributed by atoms with van der Waals surface area (Å²) in [6.45, 7) is 28.7. The molecule has 0 radical (unpaired) electrons. The minimum Gasteiger partial charge on any atom is -0.342 e. The summed E-state index contributed by atoms with van der Waals surface area (Å²) in [6.07, 6.45) is 60.5. The van der Waals surface area contributed by atoms with Gasteiger partial charge in [-0.15, -0.1) is 0 Å². The van der Waals surface area contributed by atoms with Crippen molar-refractivity contribution in [2.75, 3.05) is 146 Å². The summed E-state index contributed by atoms with van der Waals surface area (Å²) in [6, 6.07) is 0. The number of unbranched alkanes of at least 4 members (excludes halogenated alkanes) is 40. The molecule has 0 aliphatic carbocycles. The van der Waals surface area contributed by atoms with E-state index in [1.165, 1.54) is 257 Å². The van der Waals surface area contributed by atoms with E-state index in [4.69, 9.17) is 56.5 Å². The Bertz CT molecular complexity index is 2010. The van der Waals surface area contributed by atoms with E-state index < -0.39 is 0 Å². The van der Waals surface area contributed by atoms with Crippen LogP contribution < -0.4 is 39.2 Å². The Morgan fingerprint density at radius 2 is 0.303 bits per heavy atom. The van der Waals surface area contributed by atoms with Crippen molar-refractivity contribution >= 4 is 59.2 Å². The predicted molar refractivity (Wildman–Crippen MR) is 433 cm³/mol. The second-order valence-electron chi connectivity index (χ2n) is 29.5. The lowest BCUT2D eigenvalue weighted by molar-refractivity contribution is 0.563. The van der Waals surface area contributed by atoms with Crippen molar-refractivity contribution in [2.24, 2.45) is 0 Å². The molecule has 0 bridgehead atoms. The topological polar surface area (TPSA) is 142 Å². The summed E-state index contributed by atoms with van der Waals surface area (Å²) >= 11 is 6.88. The van der Waals surface area contributed by atoms with Crippen LogP contribution in [0, 0.1) is 0 Å². The second kappa shape index (κ2) is 60.2. The number of aromatic nitrogens is 9. The van der Waals surface area contributed by atoms with Crippen LogP contribution in [0.5, 0.6) is 0 Å². The fourth-order valence-electron chi connectivity index (χ4n) is 13.2. The highest BCUT2D eigenvalue weighted by Crippen LogP contribution is 2.27. The first kappa shape index (κ1) is 88.9. The molecule has 0 unspecified atom stereocenters. The third-order valence-electron chi connectivity index (χ3n) is 20.1. The van der Waals surface area contributed by atoms with Crippen LogP contribution in [0.3, 0.4) is 0 Å². The Morgan fingerprint density at radius 3 is 0.475 bits per heavy atom. The van der Waals surface area contributed by atoms with Gasteiger partial charge < -0.3 is 39.2 Å². The van der Waals surface area contributed by atoms with E-state index in [0.29, 0.717) is 38.1 Å². The highest BCUT2D eigenvalue weighted by Gasteiger charge is 2.24.